The minimum atomic E-state index is -0.299. The third-order valence-electron chi connectivity index (χ3n) is 1.86. The average Bonchev–Trinajstić information content (AvgIpc) is 2.75. The van der Waals surface area contributed by atoms with E-state index in [4.69, 9.17) is 5.73 Å². The Morgan fingerprint density at radius 2 is 2.57 bits per heavy atom. The number of nitrogens with one attached hydrogen (secondary N) is 3. The van der Waals surface area contributed by atoms with Crippen LogP contribution in [0.1, 0.15) is 6.42 Å². The van der Waals surface area contributed by atoms with Crippen LogP contribution in [0.5, 0.6) is 0 Å². The van der Waals surface area contributed by atoms with Crippen LogP contribution >= 0.6 is 11.5 Å². The van der Waals surface area contributed by atoms with E-state index in [-0.39, 0.29) is 18.1 Å². The summed E-state index contributed by atoms with van der Waals surface area (Å²) < 4.78 is 3.63. The lowest BCUT2D eigenvalue weighted by Crippen LogP contribution is -2.41. The zero-order chi connectivity index (χ0) is 9.97. The van der Waals surface area contributed by atoms with E-state index < -0.39 is 0 Å². The van der Waals surface area contributed by atoms with E-state index in [1.54, 1.807) is 0 Å². The fourth-order valence-electron chi connectivity index (χ4n) is 1.18. The Morgan fingerprint density at radius 3 is 3.14 bits per heavy atom. The van der Waals surface area contributed by atoms with Gasteiger partial charge in [-0.15, -0.1) is 5.10 Å². The molecule has 1 saturated heterocycles. The van der Waals surface area contributed by atoms with E-state index >= 15 is 0 Å². The second kappa shape index (κ2) is 3.96. The van der Waals surface area contributed by atoms with Crippen molar-refractivity contribution in [3.63, 3.8) is 0 Å². The summed E-state index contributed by atoms with van der Waals surface area (Å²) in [6.45, 7) is 0. The van der Waals surface area contributed by atoms with E-state index in [9.17, 15) is 4.79 Å². The number of hydrogen-bond acceptors (Lipinski definition) is 7. The van der Waals surface area contributed by atoms with Crippen LogP contribution in [0.2, 0.25) is 0 Å². The van der Waals surface area contributed by atoms with Gasteiger partial charge in [-0.2, -0.15) is 0 Å². The lowest BCUT2D eigenvalue weighted by molar-refractivity contribution is -0.117. The van der Waals surface area contributed by atoms with Gasteiger partial charge in [-0.3, -0.25) is 4.79 Å². The highest BCUT2D eigenvalue weighted by molar-refractivity contribution is 7.10. The van der Waals surface area contributed by atoms with Gasteiger partial charge in [0.15, 0.2) is 0 Å². The van der Waals surface area contributed by atoms with Gasteiger partial charge in [0.25, 0.3) is 0 Å². The first-order valence-corrected chi connectivity index (χ1v) is 4.88. The summed E-state index contributed by atoms with van der Waals surface area (Å²) in [6, 6.07) is -0.299. The van der Waals surface area contributed by atoms with Crippen molar-refractivity contribution in [2.24, 2.45) is 5.73 Å². The van der Waals surface area contributed by atoms with Crippen LogP contribution in [-0.4, -0.2) is 27.7 Å². The van der Waals surface area contributed by atoms with Gasteiger partial charge >= 0.3 is 0 Å². The van der Waals surface area contributed by atoms with E-state index in [0.717, 1.165) is 11.5 Å². The smallest absolute Gasteiger partial charge is 0.243 e. The molecule has 2 atom stereocenters. The van der Waals surface area contributed by atoms with Crippen molar-refractivity contribution in [3.05, 3.63) is 6.20 Å². The van der Waals surface area contributed by atoms with Crippen LogP contribution < -0.4 is 21.9 Å². The molecule has 1 aromatic rings. The molecule has 76 valence electrons. The van der Waals surface area contributed by atoms with Crippen LogP contribution in [-0.2, 0) is 4.79 Å². The Labute approximate surface area is 84.2 Å². The van der Waals surface area contributed by atoms with Gasteiger partial charge in [0.2, 0.25) is 5.91 Å². The molecule has 2 rings (SSSR count). The molecular formula is C6H10N6OS. The lowest BCUT2D eigenvalue weighted by Gasteiger charge is -2.07. The summed E-state index contributed by atoms with van der Waals surface area (Å²) in [5.41, 5.74) is 11.1. The Hall–Kier alpha value is -1.09. The molecule has 0 aliphatic carbocycles. The quantitative estimate of drug-likeness (QED) is 0.484. The van der Waals surface area contributed by atoms with Crippen molar-refractivity contribution < 1.29 is 4.79 Å². The van der Waals surface area contributed by atoms with Crippen LogP contribution in [0.3, 0.4) is 0 Å². The summed E-state index contributed by atoms with van der Waals surface area (Å²) in [6.07, 6.45) is 1.90. The van der Waals surface area contributed by atoms with Gasteiger partial charge < -0.3 is 11.1 Å². The SMILES string of the molecule is NC1CC(C(=O)Nc2cnns2)NN1. The molecule has 0 radical (unpaired) electrons. The average molecular weight is 214 g/mol. The first kappa shape index (κ1) is 9.46. The van der Waals surface area contributed by atoms with Gasteiger partial charge in [0.05, 0.1) is 12.4 Å². The molecule has 1 aliphatic heterocycles. The minimum Gasteiger partial charge on any atom is -0.315 e. The van der Waals surface area contributed by atoms with Crippen molar-refractivity contribution in [1.29, 1.82) is 0 Å². The van der Waals surface area contributed by atoms with Crippen LogP contribution in [0.15, 0.2) is 6.20 Å². The van der Waals surface area contributed by atoms with Gasteiger partial charge in [-0.25, -0.2) is 10.9 Å². The van der Waals surface area contributed by atoms with Crippen LogP contribution in [0.4, 0.5) is 5.00 Å². The number of aromatic nitrogens is 2. The maximum atomic E-state index is 11.5. The molecule has 8 heteroatoms. The summed E-state index contributed by atoms with van der Waals surface area (Å²) in [4.78, 5) is 11.5. The number of hydrazine groups is 1. The third kappa shape index (κ3) is 2.04. The molecule has 0 saturated carbocycles. The first-order chi connectivity index (χ1) is 6.75. The number of nitrogens with zero attached hydrogens (tertiary/aromatic N) is 2. The summed E-state index contributed by atoms with van der Waals surface area (Å²) in [5, 5.41) is 6.93. The number of carbonyl (C=O) groups excluding carboxylic acids is 1. The third-order valence-corrected chi connectivity index (χ3v) is 2.44. The molecule has 0 bridgehead atoms. The molecule has 0 spiro atoms. The number of hydrogen-bond donors (Lipinski definition) is 4. The highest BCUT2D eigenvalue weighted by Gasteiger charge is 2.27. The fraction of sp³-hybridized carbons (Fsp3) is 0.500. The maximum absolute atomic E-state index is 11.5. The second-order valence-electron chi connectivity index (χ2n) is 2.95. The standard InChI is InChI=1S/C6H10N6OS/c7-4-1-3(10-11-4)6(13)9-5-2-8-12-14-5/h2-4,10-11H,1,7H2,(H,9,13). The lowest BCUT2D eigenvalue weighted by atomic mass is 10.2. The van der Waals surface area contributed by atoms with Gasteiger partial charge in [0.1, 0.15) is 11.0 Å². The van der Waals surface area contributed by atoms with Crippen molar-refractivity contribution in [3.8, 4) is 0 Å². The van der Waals surface area contributed by atoms with Crippen molar-refractivity contribution in [2.45, 2.75) is 18.6 Å². The molecule has 14 heavy (non-hydrogen) atoms. The first-order valence-electron chi connectivity index (χ1n) is 4.10. The molecule has 1 amide bonds. The Balaban J connectivity index is 1.90. The Kier molecular flexibility index (Phi) is 2.68. The topological polar surface area (TPSA) is 105 Å². The highest BCUT2D eigenvalue weighted by Crippen LogP contribution is 2.11. The highest BCUT2D eigenvalue weighted by atomic mass is 32.1. The van der Waals surface area contributed by atoms with E-state index in [1.807, 2.05) is 0 Å². The fourth-order valence-corrected chi connectivity index (χ4v) is 1.61. The zero-order valence-electron chi connectivity index (χ0n) is 7.23. The molecule has 1 aromatic heterocycles. The largest absolute Gasteiger partial charge is 0.315 e. The normalized spacial score (nSPS) is 26.4. The monoisotopic (exact) mass is 214 g/mol. The van der Waals surface area contributed by atoms with E-state index in [0.29, 0.717) is 11.4 Å². The number of nitrogens with two attached hydrogens (primary N) is 1. The van der Waals surface area contributed by atoms with Crippen LogP contribution in [0.25, 0.3) is 0 Å². The van der Waals surface area contributed by atoms with Gasteiger partial charge in [-0.1, -0.05) is 4.49 Å². The number of anilines is 1. The van der Waals surface area contributed by atoms with Crippen molar-refractivity contribution in [1.82, 2.24) is 20.4 Å². The molecule has 0 aromatic carbocycles. The number of carbonyl (C=O) groups is 1. The Morgan fingerprint density at radius 1 is 1.71 bits per heavy atom. The molecule has 2 unspecified atom stereocenters. The molecule has 2 heterocycles. The summed E-state index contributed by atoms with van der Waals surface area (Å²) >= 11 is 1.14. The molecular weight excluding hydrogens is 204 g/mol. The van der Waals surface area contributed by atoms with Crippen molar-refractivity contribution >= 4 is 22.4 Å². The molecule has 1 fully saturated rings. The van der Waals surface area contributed by atoms with E-state index in [1.165, 1.54) is 6.20 Å². The van der Waals surface area contributed by atoms with Crippen LogP contribution in [0, 0.1) is 0 Å². The van der Waals surface area contributed by atoms with Crippen molar-refractivity contribution in [2.75, 3.05) is 5.32 Å². The number of amides is 1. The maximum Gasteiger partial charge on any atom is 0.243 e. The predicted octanol–water partition coefficient (Wildman–Crippen LogP) is -1.37. The van der Waals surface area contributed by atoms with Gasteiger partial charge in [0, 0.05) is 18.0 Å². The predicted molar refractivity (Wildman–Crippen MR) is 51.2 cm³/mol. The minimum absolute atomic E-state index is 0.128. The summed E-state index contributed by atoms with van der Waals surface area (Å²) in [5.74, 6) is -0.128. The second-order valence-corrected chi connectivity index (χ2v) is 3.74. The Bertz CT molecular complexity index is 314. The molecule has 5 N–H and O–H groups in total. The molecule has 1 aliphatic rings. The zero-order valence-corrected chi connectivity index (χ0v) is 8.04. The molecule has 7 nitrogen and oxygen atoms in total. The number of rotatable bonds is 2. The summed E-state index contributed by atoms with van der Waals surface area (Å²) in [7, 11) is 0. The van der Waals surface area contributed by atoms with Gasteiger partial charge in [-0.05, 0) is 0 Å². The van der Waals surface area contributed by atoms with E-state index in [2.05, 4.69) is 25.8 Å².